The van der Waals surface area contributed by atoms with E-state index in [0.717, 1.165) is 35.3 Å². The zero-order valence-electron chi connectivity index (χ0n) is 28.4. The van der Waals surface area contributed by atoms with Gasteiger partial charge in [0.2, 0.25) is 0 Å². The van der Waals surface area contributed by atoms with Crippen molar-refractivity contribution in [3.8, 4) is 33.8 Å². The van der Waals surface area contributed by atoms with Gasteiger partial charge >= 0.3 is 0 Å². The standard InChI is InChI=1S/C45H42N2O2/c1-45(39-23-10-8-18-34(39)35-19-9-11-24-40(35)45)41-25-13-15-31(44(41)49)29-47(3)27-26-46(2)28-30-14-12-22-38(43(30)48)42-36-20-6-4-16-32(36)33-17-5-7-21-37(33)42/h4-25,42,48-49H,26-29H2,1-3H3. The molecule has 0 heterocycles. The molecule has 0 fully saturated rings. The summed E-state index contributed by atoms with van der Waals surface area (Å²) in [4.78, 5) is 4.52. The van der Waals surface area contributed by atoms with Gasteiger partial charge in [0.25, 0.3) is 0 Å². The predicted molar refractivity (Wildman–Crippen MR) is 199 cm³/mol. The Morgan fingerprint density at radius 3 is 1.43 bits per heavy atom. The van der Waals surface area contributed by atoms with Crippen LogP contribution >= 0.6 is 0 Å². The van der Waals surface area contributed by atoms with Crippen LogP contribution in [0.1, 0.15) is 57.3 Å². The van der Waals surface area contributed by atoms with Crippen molar-refractivity contribution in [1.82, 2.24) is 9.80 Å². The highest BCUT2D eigenvalue weighted by molar-refractivity contribution is 5.84. The fourth-order valence-corrected chi connectivity index (χ4v) is 8.41. The third-order valence-corrected chi connectivity index (χ3v) is 10.9. The summed E-state index contributed by atoms with van der Waals surface area (Å²) in [6, 6.07) is 46.6. The van der Waals surface area contributed by atoms with Crippen LogP contribution in [-0.4, -0.2) is 47.2 Å². The maximum atomic E-state index is 11.8. The maximum Gasteiger partial charge on any atom is 0.124 e. The van der Waals surface area contributed by atoms with Crippen LogP contribution in [0.2, 0.25) is 0 Å². The van der Waals surface area contributed by atoms with Gasteiger partial charge < -0.3 is 20.0 Å². The van der Waals surface area contributed by atoms with E-state index < -0.39 is 5.41 Å². The Hall–Kier alpha value is -5.16. The normalized spacial score (nSPS) is 14.1. The van der Waals surface area contributed by atoms with Crippen LogP contribution in [0.4, 0.5) is 0 Å². The molecule has 0 saturated carbocycles. The van der Waals surface area contributed by atoms with Gasteiger partial charge in [-0.1, -0.05) is 133 Å². The Bertz CT molecular complexity index is 2100. The van der Waals surface area contributed by atoms with Gasteiger partial charge in [-0.3, -0.25) is 0 Å². The number of hydrogen-bond acceptors (Lipinski definition) is 4. The highest BCUT2D eigenvalue weighted by Gasteiger charge is 2.42. The summed E-state index contributed by atoms with van der Waals surface area (Å²) in [5.74, 6) is 0.763. The molecular weight excluding hydrogens is 601 g/mol. The summed E-state index contributed by atoms with van der Waals surface area (Å²) in [5, 5.41) is 23.4. The zero-order chi connectivity index (χ0) is 33.7. The van der Waals surface area contributed by atoms with Gasteiger partial charge in [0.15, 0.2) is 0 Å². The molecule has 6 aromatic rings. The summed E-state index contributed by atoms with van der Waals surface area (Å²) >= 11 is 0. The van der Waals surface area contributed by atoms with E-state index >= 15 is 0 Å². The number of hydrogen-bond donors (Lipinski definition) is 2. The molecule has 0 atom stereocenters. The monoisotopic (exact) mass is 642 g/mol. The third-order valence-electron chi connectivity index (χ3n) is 10.9. The molecule has 6 aromatic carbocycles. The Kier molecular flexibility index (Phi) is 7.86. The molecule has 0 saturated heterocycles. The van der Waals surface area contributed by atoms with Crippen molar-refractivity contribution in [2.24, 2.45) is 0 Å². The van der Waals surface area contributed by atoms with Gasteiger partial charge in [-0.05, 0) is 65.5 Å². The van der Waals surface area contributed by atoms with E-state index in [1.807, 2.05) is 12.1 Å². The number of likely N-dealkylation sites (N-methyl/N-ethyl adjacent to an activating group) is 2. The SMILES string of the molecule is CN(CCN(C)Cc1cccc(C2(C)c3ccccc3-c3ccccc32)c1O)Cc1cccc(C2c3ccccc3-c3ccccc32)c1O. The minimum atomic E-state index is -0.439. The highest BCUT2D eigenvalue weighted by Crippen LogP contribution is 2.54. The van der Waals surface area contributed by atoms with E-state index in [-0.39, 0.29) is 5.92 Å². The average molecular weight is 643 g/mol. The topological polar surface area (TPSA) is 46.9 Å². The summed E-state index contributed by atoms with van der Waals surface area (Å²) in [5.41, 5.74) is 13.2. The number of benzene rings is 6. The first-order chi connectivity index (χ1) is 23.9. The van der Waals surface area contributed by atoms with Gasteiger partial charge in [-0.15, -0.1) is 0 Å². The second-order valence-electron chi connectivity index (χ2n) is 14.0. The minimum absolute atomic E-state index is 0.0145. The Labute approximate surface area is 289 Å². The molecule has 2 aliphatic carbocycles. The Balaban J connectivity index is 0.973. The van der Waals surface area contributed by atoms with E-state index in [2.05, 4.69) is 152 Å². The highest BCUT2D eigenvalue weighted by atomic mass is 16.3. The van der Waals surface area contributed by atoms with Crippen molar-refractivity contribution >= 4 is 0 Å². The summed E-state index contributed by atoms with van der Waals surface area (Å²) in [7, 11) is 4.21. The molecule has 244 valence electrons. The van der Waals surface area contributed by atoms with Crippen molar-refractivity contribution in [3.05, 3.63) is 178 Å². The molecule has 0 unspecified atom stereocenters. The number of nitrogens with zero attached hydrogens (tertiary/aromatic N) is 2. The van der Waals surface area contributed by atoms with E-state index in [0.29, 0.717) is 24.6 Å². The second-order valence-corrected chi connectivity index (χ2v) is 14.0. The van der Waals surface area contributed by atoms with Crippen molar-refractivity contribution in [1.29, 1.82) is 0 Å². The lowest BCUT2D eigenvalue weighted by Gasteiger charge is -2.30. The molecule has 2 N–H and O–H groups in total. The number of rotatable bonds is 9. The molecule has 4 heteroatoms. The number of phenols is 2. The van der Waals surface area contributed by atoms with Gasteiger partial charge in [-0.25, -0.2) is 0 Å². The quantitative estimate of drug-likeness (QED) is 0.165. The largest absolute Gasteiger partial charge is 0.507 e. The first-order valence-electron chi connectivity index (χ1n) is 17.2. The first kappa shape index (κ1) is 31.1. The zero-order valence-corrected chi connectivity index (χ0v) is 28.4. The van der Waals surface area contributed by atoms with Gasteiger partial charge in [0, 0.05) is 59.8 Å². The molecule has 0 radical (unpaired) electrons. The fraction of sp³-hybridized carbons (Fsp3) is 0.200. The maximum absolute atomic E-state index is 11.8. The van der Waals surface area contributed by atoms with Crippen LogP contribution in [0.3, 0.4) is 0 Å². The van der Waals surface area contributed by atoms with Crippen molar-refractivity contribution in [2.75, 3.05) is 27.2 Å². The predicted octanol–water partition coefficient (Wildman–Crippen LogP) is 9.16. The molecule has 0 spiro atoms. The van der Waals surface area contributed by atoms with Crippen LogP contribution < -0.4 is 0 Å². The van der Waals surface area contributed by atoms with E-state index in [1.165, 1.54) is 44.5 Å². The summed E-state index contributed by atoms with van der Waals surface area (Å²) < 4.78 is 0. The van der Waals surface area contributed by atoms with E-state index in [4.69, 9.17) is 0 Å². The van der Waals surface area contributed by atoms with E-state index in [1.54, 1.807) is 0 Å². The molecule has 2 aliphatic rings. The smallest absolute Gasteiger partial charge is 0.124 e. The first-order valence-corrected chi connectivity index (χ1v) is 17.2. The van der Waals surface area contributed by atoms with Crippen molar-refractivity contribution in [3.63, 3.8) is 0 Å². The van der Waals surface area contributed by atoms with Crippen molar-refractivity contribution < 1.29 is 10.2 Å². The number of para-hydroxylation sites is 2. The van der Waals surface area contributed by atoms with Gasteiger partial charge in [0.05, 0.1) is 0 Å². The van der Waals surface area contributed by atoms with Crippen LogP contribution in [0.5, 0.6) is 11.5 Å². The number of aromatic hydroxyl groups is 2. The molecule has 0 aliphatic heterocycles. The summed E-state index contributed by atoms with van der Waals surface area (Å²) in [6.45, 7) is 5.14. The Morgan fingerprint density at radius 2 is 0.878 bits per heavy atom. The van der Waals surface area contributed by atoms with Gasteiger partial charge in [-0.2, -0.15) is 0 Å². The Morgan fingerprint density at radius 1 is 0.469 bits per heavy atom. The fourth-order valence-electron chi connectivity index (χ4n) is 8.41. The van der Waals surface area contributed by atoms with Gasteiger partial charge in [0.1, 0.15) is 11.5 Å². The lowest BCUT2D eigenvalue weighted by molar-refractivity contribution is 0.243. The summed E-state index contributed by atoms with van der Waals surface area (Å²) in [6.07, 6.45) is 0. The number of fused-ring (bicyclic) bond motifs is 6. The molecule has 4 nitrogen and oxygen atoms in total. The van der Waals surface area contributed by atoms with Crippen LogP contribution in [0, 0.1) is 0 Å². The molecule has 0 amide bonds. The minimum Gasteiger partial charge on any atom is -0.507 e. The molecular formula is C45H42N2O2. The lowest BCUT2D eigenvalue weighted by Crippen LogP contribution is -2.30. The van der Waals surface area contributed by atoms with Crippen molar-refractivity contribution in [2.45, 2.75) is 31.3 Å². The van der Waals surface area contributed by atoms with E-state index in [9.17, 15) is 10.2 Å². The average Bonchev–Trinajstić information content (AvgIpc) is 3.59. The third kappa shape index (κ3) is 5.15. The number of phenolic OH excluding ortho intramolecular Hbond substituents is 2. The molecule has 8 rings (SSSR count). The molecule has 49 heavy (non-hydrogen) atoms. The second kappa shape index (κ2) is 12.4. The van der Waals surface area contributed by atoms with Crippen LogP contribution in [0.15, 0.2) is 133 Å². The molecule has 0 bridgehead atoms. The molecule has 0 aromatic heterocycles. The van der Waals surface area contributed by atoms with Crippen LogP contribution in [-0.2, 0) is 18.5 Å². The van der Waals surface area contributed by atoms with Crippen LogP contribution in [0.25, 0.3) is 22.3 Å². The lowest BCUT2D eigenvalue weighted by atomic mass is 9.73.